The first-order valence-electron chi connectivity index (χ1n) is 6.30. The fraction of sp³-hybridized carbons (Fsp3) is 0.133. The van der Waals surface area contributed by atoms with Gasteiger partial charge >= 0.3 is 0 Å². The van der Waals surface area contributed by atoms with Crippen molar-refractivity contribution >= 4 is 45.8 Å². The summed E-state index contributed by atoms with van der Waals surface area (Å²) in [5.74, 6) is 1.61. The molecule has 0 atom stereocenters. The Hall–Kier alpha value is -1.62. The molecule has 0 saturated carbocycles. The number of ether oxygens (including phenoxy) is 2. The number of nitrogens with zero attached hydrogens (tertiary/aromatic N) is 1. The molecule has 0 aliphatic carbocycles. The molecular formula is C15H11Cl3N2O2. The van der Waals surface area contributed by atoms with Gasteiger partial charge in [0.15, 0.2) is 11.5 Å². The Morgan fingerprint density at radius 1 is 1.00 bits per heavy atom. The zero-order valence-electron chi connectivity index (χ0n) is 11.7. The third-order valence-corrected chi connectivity index (χ3v) is 4.36. The lowest BCUT2D eigenvalue weighted by Crippen LogP contribution is -1.93. The van der Waals surface area contributed by atoms with E-state index in [1.165, 1.54) is 7.11 Å². The number of H-pyrrole nitrogens is 1. The molecule has 0 unspecified atom stereocenters. The van der Waals surface area contributed by atoms with E-state index in [1.54, 1.807) is 25.3 Å². The van der Waals surface area contributed by atoms with Gasteiger partial charge in [0.1, 0.15) is 5.82 Å². The van der Waals surface area contributed by atoms with Gasteiger partial charge in [0.2, 0.25) is 0 Å². The van der Waals surface area contributed by atoms with Crippen LogP contribution in [0.15, 0.2) is 24.3 Å². The number of rotatable bonds is 3. The second-order valence-electron chi connectivity index (χ2n) is 4.53. The number of hydrogen-bond acceptors (Lipinski definition) is 3. The molecule has 4 nitrogen and oxygen atoms in total. The van der Waals surface area contributed by atoms with E-state index >= 15 is 0 Å². The number of aromatic amines is 1. The molecule has 3 rings (SSSR count). The number of imidazole rings is 1. The van der Waals surface area contributed by atoms with Gasteiger partial charge in [0, 0.05) is 5.56 Å². The number of aromatic nitrogens is 2. The van der Waals surface area contributed by atoms with E-state index in [4.69, 9.17) is 44.3 Å². The van der Waals surface area contributed by atoms with E-state index in [2.05, 4.69) is 9.97 Å². The number of benzene rings is 2. The van der Waals surface area contributed by atoms with Crippen LogP contribution in [0.1, 0.15) is 0 Å². The number of fused-ring (bicyclic) bond motifs is 1. The molecule has 0 spiro atoms. The SMILES string of the molecule is COc1ccc(-c2nc3cc(Cl)c(Cl)cc3[nH]2)c(Cl)c1OC. The van der Waals surface area contributed by atoms with Crippen molar-refractivity contribution in [3.05, 3.63) is 39.3 Å². The average Bonchev–Trinajstić information content (AvgIpc) is 2.89. The van der Waals surface area contributed by atoms with Crippen molar-refractivity contribution in [2.24, 2.45) is 0 Å². The molecule has 7 heteroatoms. The van der Waals surface area contributed by atoms with Crippen molar-refractivity contribution in [3.8, 4) is 22.9 Å². The Kier molecular flexibility index (Phi) is 4.08. The minimum atomic E-state index is 0.415. The molecule has 0 aliphatic heterocycles. The Bertz CT molecular complexity index is 823. The van der Waals surface area contributed by atoms with Gasteiger partial charge in [-0.3, -0.25) is 0 Å². The van der Waals surface area contributed by atoms with E-state index in [1.807, 2.05) is 6.07 Å². The van der Waals surface area contributed by atoms with Crippen LogP contribution in [0.25, 0.3) is 22.4 Å². The fourth-order valence-corrected chi connectivity index (χ4v) is 2.85. The van der Waals surface area contributed by atoms with Crippen LogP contribution in [-0.4, -0.2) is 24.2 Å². The van der Waals surface area contributed by atoms with Gasteiger partial charge < -0.3 is 14.5 Å². The molecule has 0 radical (unpaired) electrons. The summed E-state index contributed by atoms with van der Waals surface area (Å²) in [4.78, 5) is 7.67. The number of hydrogen-bond donors (Lipinski definition) is 1. The Morgan fingerprint density at radius 2 is 1.73 bits per heavy atom. The third-order valence-electron chi connectivity index (χ3n) is 3.26. The lowest BCUT2D eigenvalue weighted by atomic mass is 10.2. The second kappa shape index (κ2) is 5.88. The first-order chi connectivity index (χ1) is 10.5. The van der Waals surface area contributed by atoms with E-state index in [0.29, 0.717) is 43.5 Å². The van der Waals surface area contributed by atoms with Gasteiger partial charge in [0.05, 0.1) is 40.3 Å². The van der Waals surface area contributed by atoms with E-state index in [-0.39, 0.29) is 0 Å². The molecule has 2 aromatic carbocycles. The molecule has 114 valence electrons. The van der Waals surface area contributed by atoms with E-state index < -0.39 is 0 Å². The normalized spacial score (nSPS) is 11.0. The van der Waals surface area contributed by atoms with Gasteiger partial charge in [-0.05, 0) is 24.3 Å². The summed E-state index contributed by atoms with van der Waals surface area (Å²) in [7, 11) is 3.09. The van der Waals surface area contributed by atoms with Crippen molar-refractivity contribution in [2.45, 2.75) is 0 Å². The van der Waals surface area contributed by atoms with Crippen LogP contribution >= 0.6 is 34.8 Å². The fourth-order valence-electron chi connectivity index (χ4n) is 2.20. The van der Waals surface area contributed by atoms with Crippen molar-refractivity contribution in [2.75, 3.05) is 14.2 Å². The second-order valence-corrected chi connectivity index (χ2v) is 5.72. The molecular weight excluding hydrogens is 347 g/mol. The summed E-state index contributed by atoms with van der Waals surface area (Å²) in [5, 5.41) is 1.33. The van der Waals surface area contributed by atoms with Gasteiger partial charge in [0.25, 0.3) is 0 Å². The van der Waals surface area contributed by atoms with Crippen LogP contribution in [-0.2, 0) is 0 Å². The lowest BCUT2D eigenvalue weighted by molar-refractivity contribution is 0.355. The zero-order valence-corrected chi connectivity index (χ0v) is 14.0. The van der Waals surface area contributed by atoms with Gasteiger partial charge in [-0.2, -0.15) is 0 Å². The predicted octanol–water partition coefficient (Wildman–Crippen LogP) is 5.21. The minimum Gasteiger partial charge on any atom is -0.493 e. The molecule has 1 aromatic heterocycles. The highest BCUT2D eigenvalue weighted by molar-refractivity contribution is 6.42. The Labute approximate surface area is 141 Å². The van der Waals surface area contributed by atoms with E-state index in [0.717, 1.165) is 5.52 Å². The van der Waals surface area contributed by atoms with E-state index in [9.17, 15) is 0 Å². The predicted molar refractivity (Wildman–Crippen MR) is 89.7 cm³/mol. The molecule has 1 N–H and O–H groups in total. The minimum absolute atomic E-state index is 0.415. The average molecular weight is 358 g/mol. The van der Waals surface area contributed by atoms with Crippen LogP contribution in [0.5, 0.6) is 11.5 Å². The lowest BCUT2D eigenvalue weighted by Gasteiger charge is -2.11. The van der Waals surface area contributed by atoms with Crippen LogP contribution < -0.4 is 9.47 Å². The maximum Gasteiger partial charge on any atom is 0.180 e. The number of nitrogens with one attached hydrogen (secondary N) is 1. The van der Waals surface area contributed by atoms with Crippen LogP contribution in [0.4, 0.5) is 0 Å². The quantitative estimate of drug-likeness (QED) is 0.700. The third kappa shape index (κ3) is 2.47. The monoisotopic (exact) mass is 356 g/mol. The summed E-state index contributed by atoms with van der Waals surface area (Å²) in [6, 6.07) is 7.01. The molecule has 1 heterocycles. The van der Waals surface area contributed by atoms with Crippen LogP contribution in [0, 0.1) is 0 Å². The number of methoxy groups -OCH3 is 2. The zero-order chi connectivity index (χ0) is 15.9. The molecule has 0 amide bonds. The molecule has 0 bridgehead atoms. The highest BCUT2D eigenvalue weighted by Crippen LogP contribution is 2.41. The van der Waals surface area contributed by atoms with Crippen LogP contribution in [0.2, 0.25) is 15.1 Å². The Morgan fingerprint density at radius 3 is 2.41 bits per heavy atom. The maximum absolute atomic E-state index is 6.40. The largest absolute Gasteiger partial charge is 0.493 e. The molecule has 0 fully saturated rings. The summed E-state index contributed by atoms with van der Waals surface area (Å²) < 4.78 is 10.5. The molecule has 3 aromatic rings. The Balaban J connectivity index is 2.19. The molecule has 22 heavy (non-hydrogen) atoms. The van der Waals surface area contributed by atoms with Crippen molar-refractivity contribution in [1.29, 1.82) is 0 Å². The number of halogens is 3. The smallest absolute Gasteiger partial charge is 0.180 e. The first-order valence-corrected chi connectivity index (χ1v) is 7.44. The molecule has 0 aliphatic rings. The first kappa shape index (κ1) is 15.3. The van der Waals surface area contributed by atoms with Crippen molar-refractivity contribution < 1.29 is 9.47 Å². The van der Waals surface area contributed by atoms with Gasteiger partial charge in [-0.15, -0.1) is 0 Å². The standard InChI is InChI=1S/C15H11Cl3N2O2/c1-21-12-4-3-7(13(18)14(12)22-2)15-19-10-5-8(16)9(17)6-11(10)20-15/h3-6H,1-2H3,(H,19,20). The van der Waals surface area contributed by atoms with Crippen LogP contribution in [0.3, 0.4) is 0 Å². The van der Waals surface area contributed by atoms with Crippen molar-refractivity contribution in [1.82, 2.24) is 9.97 Å². The highest BCUT2D eigenvalue weighted by Gasteiger charge is 2.17. The summed E-state index contributed by atoms with van der Waals surface area (Å²) in [6.07, 6.45) is 0. The summed E-state index contributed by atoms with van der Waals surface area (Å²) in [5.41, 5.74) is 2.17. The van der Waals surface area contributed by atoms with Crippen molar-refractivity contribution in [3.63, 3.8) is 0 Å². The summed E-state index contributed by atoms with van der Waals surface area (Å²) in [6.45, 7) is 0. The van der Waals surface area contributed by atoms with Gasteiger partial charge in [-0.25, -0.2) is 4.98 Å². The topological polar surface area (TPSA) is 47.1 Å². The highest BCUT2D eigenvalue weighted by atomic mass is 35.5. The molecule has 0 saturated heterocycles. The van der Waals surface area contributed by atoms with Gasteiger partial charge in [-0.1, -0.05) is 34.8 Å². The maximum atomic E-state index is 6.40. The summed E-state index contributed by atoms with van der Waals surface area (Å²) >= 11 is 18.4.